The Morgan fingerprint density at radius 1 is 1.40 bits per heavy atom. The van der Waals surface area contributed by atoms with E-state index in [0.29, 0.717) is 28.3 Å². The van der Waals surface area contributed by atoms with Crippen molar-refractivity contribution >= 4 is 23.3 Å². The lowest BCUT2D eigenvalue weighted by molar-refractivity contribution is 0.0544. The highest BCUT2D eigenvalue weighted by atomic mass is 16.6. The van der Waals surface area contributed by atoms with E-state index in [4.69, 9.17) is 10.00 Å². The number of aldehydes is 1. The monoisotopic (exact) mass is 270 g/mol. The molecule has 2 rings (SSSR count). The number of rotatable bonds is 1. The zero-order chi connectivity index (χ0) is 14.9. The van der Waals surface area contributed by atoms with Gasteiger partial charge in [-0.1, -0.05) is 0 Å². The third-order valence-electron chi connectivity index (χ3n) is 2.68. The van der Waals surface area contributed by atoms with Gasteiger partial charge in [0.15, 0.2) is 6.29 Å². The Balaban J connectivity index is 2.58. The molecule has 20 heavy (non-hydrogen) atoms. The third kappa shape index (κ3) is 2.54. The Morgan fingerprint density at radius 3 is 2.65 bits per heavy atom. The largest absolute Gasteiger partial charge is 0.443 e. The first-order valence-corrected chi connectivity index (χ1v) is 6.09. The minimum atomic E-state index is -0.623. The molecule has 0 aliphatic rings. The number of fused-ring (bicyclic) bond motifs is 1. The van der Waals surface area contributed by atoms with Gasteiger partial charge in [0.2, 0.25) is 0 Å². The highest BCUT2D eigenvalue weighted by Gasteiger charge is 2.20. The fourth-order valence-electron chi connectivity index (χ4n) is 1.88. The molecule has 0 fully saturated rings. The number of benzene rings is 1. The van der Waals surface area contributed by atoms with Crippen molar-refractivity contribution in [3.63, 3.8) is 0 Å². The molecule has 0 atom stereocenters. The van der Waals surface area contributed by atoms with Crippen LogP contribution in [0.25, 0.3) is 10.9 Å². The van der Waals surface area contributed by atoms with Crippen molar-refractivity contribution < 1.29 is 14.3 Å². The molecule has 0 radical (unpaired) electrons. The Labute approximate surface area is 116 Å². The van der Waals surface area contributed by atoms with Crippen molar-refractivity contribution in [1.29, 1.82) is 5.26 Å². The molecule has 0 N–H and O–H groups in total. The molecule has 0 unspecified atom stereocenters. The Bertz CT molecular complexity index is 730. The van der Waals surface area contributed by atoms with Gasteiger partial charge in [-0.2, -0.15) is 5.26 Å². The number of hydrogen-bond acceptors (Lipinski definition) is 4. The van der Waals surface area contributed by atoms with Crippen LogP contribution in [0.15, 0.2) is 24.4 Å². The number of carbonyl (C=O) groups excluding carboxylic acids is 2. The van der Waals surface area contributed by atoms with Crippen LogP contribution in [0.1, 0.15) is 36.7 Å². The van der Waals surface area contributed by atoms with Crippen molar-refractivity contribution in [2.45, 2.75) is 26.4 Å². The third-order valence-corrected chi connectivity index (χ3v) is 2.68. The minimum Gasteiger partial charge on any atom is -0.443 e. The highest BCUT2D eigenvalue weighted by Crippen LogP contribution is 2.23. The SMILES string of the molecule is CC(C)(C)OC(=O)n1cc(C=O)c2cc(C#N)ccc21. The van der Waals surface area contributed by atoms with Crippen LogP contribution < -0.4 is 0 Å². The van der Waals surface area contributed by atoms with E-state index < -0.39 is 11.7 Å². The van der Waals surface area contributed by atoms with E-state index in [9.17, 15) is 9.59 Å². The molecule has 2 aromatic rings. The second-order valence-corrected chi connectivity index (χ2v) is 5.40. The van der Waals surface area contributed by atoms with E-state index in [1.54, 1.807) is 39.0 Å². The van der Waals surface area contributed by atoms with Crippen LogP contribution in [0.4, 0.5) is 4.79 Å². The lowest BCUT2D eigenvalue weighted by Gasteiger charge is -2.19. The molecule has 0 bridgehead atoms. The first-order chi connectivity index (χ1) is 9.35. The summed E-state index contributed by atoms with van der Waals surface area (Å²) < 4.78 is 6.57. The predicted molar refractivity (Wildman–Crippen MR) is 73.7 cm³/mol. The van der Waals surface area contributed by atoms with E-state index in [-0.39, 0.29) is 0 Å². The quantitative estimate of drug-likeness (QED) is 0.746. The fraction of sp³-hybridized carbons (Fsp3) is 0.267. The number of carbonyl (C=O) groups is 2. The van der Waals surface area contributed by atoms with Gasteiger partial charge in [-0.25, -0.2) is 4.79 Å². The molecular formula is C15H14N2O3. The van der Waals surface area contributed by atoms with Crippen molar-refractivity contribution in [1.82, 2.24) is 4.57 Å². The van der Waals surface area contributed by atoms with E-state index >= 15 is 0 Å². The number of ether oxygens (including phenoxy) is 1. The summed E-state index contributed by atoms with van der Waals surface area (Å²) in [6, 6.07) is 6.81. The predicted octanol–water partition coefficient (Wildman–Crippen LogP) is 3.11. The number of aromatic nitrogens is 1. The Morgan fingerprint density at radius 2 is 2.10 bits per heavy atom. The molecule has 0 saturated carbocycles. The molecule has 5 nitrogen and oxygen atoms in total. The van der Waals surface area contributed by atoms with Crippen LogP contribution in [0.5, 0.6) is 0 Å². The molecule has 0 spiro atoms. The summed E-state index contributed by atoms with van der Waals surface area (Å²) in [5.41, 5.74) is 0.701. The summed E-state index contributed by atoms with van der Waals surface area (Å²) in [7, 11) is 0. The van der Waals surface area contributed by atoms with Crippen LogP contribution in [0.2, 0.25) is 0 Å². The maximum absolute atomic E-state index is 12.1. The summed E-state index contributed by atoms with van der Waals surface area (Å²) in [5, 5.41) is 9.45. The molecule has 0 aliphatic carbocycles. The molecule has 102 valence electrons. The second kappa shape index (κ2) is 4.82. The normalized spacial score (nSPS) is 11.1. The van der Waals surface area contributed by atoms with Crippen LogP contribution in [0.3, 0.4) is 0 Å². The maximum Gasteiger partial charge on any atom is 0.419 e. The molecular weight excluding hydrogens is 256 g/mol. The summed E-state index contributed by atoms with van der Waals surface area (Å²) in [6.07, 6.45) is 1.53. The van der Waals surface area contributed by atoms with Crippen molar-refractivity contribution in [3.8, 4) is 6.07 Å². The van der Waals surface area contributed by atoms with E-state index in [0.717, 1.165) is 0 Å². The van der Waals surface area contributed by atoms with Crippen LogP contribution in [-0.4, -0.2) is 22.5 Å². The van der Waals surface area contributed by atoms with Gasteiger partial charge in [0.25, 0.3) is 0 Å². The average molecular weight is 270 g/mol. The Hall–Kier alpha value is -2.61. The number of nitrogens with zero attached hydrogens (tertiary/aromatic N) is 2. The van der Waals surface area contributed by atoms with Crippen molar-refractivity contribution in [3.05, 3.63) is 35.5 Å². The smallest absolute Gasteiger partial charge is 0.419 e. The Kier molecular flexibility index (Phi) is 3.33. The van der Waals surface area contributed by atoms with Gasteiger partial charge in [-0.05, 0) is 39.0 Å². The lowest BCUT2D eigenvalue weighted by Crippen LogP contribution is -2.26. The summed E-state index contributed by atoms with van der Waals surface area (Å²) in [5.74, 6) is 0. The molecule has 1 aromatic carbocycles. The number of hydrogen-bond donors (Lipinski definition) is 0. The summed E-state index contributed by atoms with van der Waals surface area (Å²) >= 11 is 0. The van der Waals surface area contributed by atoms with Crippen molar-refractivity contribution in [2.24, 2.45) is 0 Å². The molecule has 0 aliphatic heterocycles. The number of nitriles is 1. The van der Waals surface area contributed by atoms with Gasteiger partial charge < -0.3 is 4.74 Å². The zero-order valence-corrected chi connectivity index (χ0v) is 11.5. The molecule has 0 saturated heterocycles. The van der Waals surface area contributed by atoms with E-state index in [1.165, 1.54) is 10.8 Å². The van der Waals surface area contributed by atoms with Gasteiger partial charge >= 0.3 is 6.09 Å². The molecule has 1 heterocycles. The lowest BCUT2D eigenvalue weighted by atomic mass is 10.1. The van der Waals surface area contributed by atoms with E-state index in [1.807, 2.05) is 6.07 Å². The van der Waals surface area contributed by atoms with E-state index in [2.05, 4.69) is 0 Å². The van der Waals surface area contributed by atoms with Gasteiger partial charge in [-0.3, -0.25) is 9.36 Å². The standard InChI is InChI=1S/C15H14N2O3/c1-15(2,3)20-14(19)17-8-11(9-18)12-6-10(7-16)4-5-13(12)17/h4-6,8-9H,1-3H3. The van der Waals surface area contributed by atoms with Crippen LogP contribution in [0, 0.1) is 11.3 Å². The fourth-order valence-corrected chi connectivity index (χ4v) is 1.88. The van der Waals surface area contributed by atoms with Crippen molar-refractivity contribution in [2.75, 3.05) is 0 Å². The maximum atomic E-state index is 12.1. The second-order valence-electron chi connectivity index (χ2n) is 5.40. The van der Waals surface area contributed by atoms with Gasteiger partial charge in [0, 0.05) is 17.1 Å². The average Bonchev–Trinajstić information content (AvgIpc) is 2.74. The van der Waals surface area contributed by atoms with Crippen LogP contribution in [-0.2, 0) is 4.74 Å². The summed E-state index contributed by atoms with van der Waals surface area (Å²) in [6.45, 7) is 5.31. The molecule has 5 heteroatoms. The highest BCUT2D eigenvalue weighted by molar-refractivity contribution is 6.01. The topological polar surface area (TPSA) is 72.1 Å². The van der Waals surface area contributed by atoms with Crippen LogP contribution >= 0.6 is 0 Å². The zero-order valence-electron chi connectivity index (χ0n) is 11.5. The van der Waals surface area contributed by atoms with Gasteiger partial charge in [0.05, 0.1) is 17.1 Å². The minimum absolute atomic E-state index is 0.350. The molecule has 0 amide bonds. The van der Waals surface area contributed by atoms with Gasteiger partial charge in [-0.15, -0.1) is 0 Å². The first-order valence-electron chi connectivity index (χ1n) is 6.09. The summed E-state index contributed by atoms with van der Waals surface area (Å²) in [4.78, 5) is 23.2. The first kappa shape index (κ1) is 13.8. The molecule has 1 aromatic heterocycles. The van der Waals surface area contributed by atoms with Gasteiger partial charge in [0.1, 0.15) is 5.60 Å².